The highest BCUT2D eigenvalue weighted by atomic mass is 15.3. The third kappa shape index (κ3) is 1.59. The Balaban J connectivity index is 2.42. The Kier molecular flexibility index (Phi) is 2.40. The highest BCUT2D eigenvalue weighted by molar-refractivity contribution is 5.38. The summed E-state index contributed by atoms with van der Waals surface area (Å²) < 4.78 is 4.22. The van der Waals surface area contributed by atoms with E-state index < -0.39 is 0 Å². The Morgan fingerprint density at radius 1 is 1.00 bits per heavy atom. The number of fused-ring (bicyclic) bond motifs is 1. The van der Waals surface area contributed by atoms with Crippen LogP contribution >= 0.6 is 0 Å². The minimum atomic E-state index is 1.04. The topological polar surface area (TPSA) is 21.2 Å². The highest BCUT2D eigenvalue weighted by Crippen LogP contribution is 2.10. The number of rotatable bonds is 1. The molecule has 2 aromatic heterocycles. The van der Waals surface area contributed by atoms with Crippen LogP contribution in [0.3, 0.4) is 0 Å². The van der Waals surface area contributed by atoms with Gasteiger partial charge in [-0.1, -0.05) is 23.3 Å². The summed E-state index contributed by atoms with van der Waals surface area (Å²) in [7, 11) is 0. The van der Waals surface area contributed by atoms with Gasteiger partial charge in [-0.05, 0) is 26.0 Å². The second-order valence-electron chi connectivity index (χ2n) is 4.65. The molecule has 0 unspecified atom stereocenters. The van der Waals surface area contributed by atoms with Crippen LogP contribution in [0, 0.1) is 20.8 Å². The van der Waals surface area contributed by atoms with Crippen LogP contribution in [0.4, 0.5) is 0 Å². The summed E-state index contributed by atoms with van der Waals surface area (Å²) in [6.07, 6.45) is 0. The first-order chi connectivity index (χ1) is 8.66. The minimum Gasteiger partial charge on any atom is -0.195 e. The molecule has 3 aromatic rings. The van der Waals surface area contributed by atoms with Gasteiger partial charge in [0.05, 0.1) is 11.8 Å². The molecule has 0 aliphatic carbocycles. The summed E-state index contributed by atoms with van der Waals surface area (Å²) in [6, 6.07) is 14.7. The molecule has 3 heteroatoms. The Hall–Kier alpha value is -2.16. The Labute approximate surface area is 106 Å². The van der Waals surface area contributed by atoms with E-state index in [0.29, 0.717) is 0 Å². The number of benzene rings is 1. The second kappa shape index (κ2) is 3.95. The molecule has 0 amide bonds. The molecule has 0 bridgehead atoms. The molecule has 90 valence electrons. The summed E-state index contributed by atoms with van der Waals surface area (Å²) in [5, 5.41) is 4.54. The monoisotopic (exact) mass is 238 g/mol. The van der Waals surface area contributed by atoms with Gasteiger partial charge in [0.1, 0.15) is 17.1 Å². The van der Waals surface area contributed by atoms with E-state index in [1.807, 2.05) is 17.5 Å². The van der Waals surface area contributed by atoms with E-state index in [1.54, 1.807) is 0 Å². The first kappa shape index (κ1) is 11.0. The lowest BCUT2D eigenvalue weighted by Gasteiger charge is -2.05. The van der Waals surface area contributed by atoms with E-state index >= 15 is 0 Å². The van der Waals surface area contributed by atoms with Crippen molar-refractivity contribution in [3.8, 4) is 5.69 Å². The molecule has 0 saturated carbocycles. The van der Waals surface area contributed by atoms with Crippen molar-refractivity contribution in [1.29, 1.82) is 0 Å². The van der Waals surface area contributed by atoms with Crippen LogP contribution in [-0.4, -0.2) is 9.61 Å². The third-order valence-electron chi connectivity index (χ3n) is 3.16. The van der Waals surface area contributed by atoms with Crippen LogP contribution in [0.15, 0.2) is 42.5 Å². The maximum absolute atomic E-state index is 4.54. The average molecular weight is 238 g/mol. The quantitative estimate of drug-likeness (QED) is 0.597. The Morgan fingerprint density at radius 3 is 2.44 bits per heavy atom. The van der Waals surface area contributed by atoms with Gasteiger partial charge in [0.25, 0.3) is 0 Å². The van der Waals surface area contributed by atoms with Gasteiger partial charge < -0.3 is 0 Å². The fraction of sp³-hybridized carbons (Fsp3) is 0.200. The lowest BCUT2D eigenvalue weighted by Crippen LogP contribution is -2.36. The number of nitrogens with zero attached hydrogens (tertiary/aromatic N) is 3. The van der Waals surface area contributed by atoms with Gasteiger partial charge in [0, 0.05) is 13.0 Å². The predicted molar refractivity (Wildman–Crippen MR) is 70.9 cm³/mol. The molecule has 0 N–H and O–H groups in total. The molecule has 0 aliphatic heterocycles. The summed E-state index contributed by atoms with van der Waals surface area (Å²) >= 11 is 0. The zero-order valence-corrected chi connectivity index (χ0v) is 10.9. The van der Waals surface area contributed by atoms with E-state index in [1.165, 1.54) is 11.4 Å². The SMILES string of the molecule is Cc1cc2n(n1)c(C)cc(C)[n+]2-c1ccccc1. The van der Waals surface area contributed by atoms with Crippen LogP contribution in [0.1, 0.15) is 17.1 Å². The summed E-state index contributed by atoms with van der Waals surface area (Å²) in [6.45, 7) is 6.24. The van der Waals surface area contributed by atoms with Crippen LogP contribution < -0.4 is 4.57 Å². The number of hydrogen-bond acceptors (Lipinski definition) is 1. The van der Waals surface area contributed by atoms with Crippen molar-refractivity contribution >= 4 is 5.65 Å². The minimum absolute atomic E-state index is 1.04. The lowest BCUT2D eigenvalue weighted by molar-refractivity contribution is -0.578. The standard InChI is InChI=1S/C15H16N3/c1-11-9-15-17(14-7-5-4-6-8-14)12(2)10-13(3)18(15)16-11/h4-10H,1-3H3/q+1. The van der Waals surface area contributed by atoms with E-state index in [0.717, 1.165) is 17.0 Å². The number of aryl methyl sites for hydroxylation is 3. The largest absolute Gasteiger partial charge is 0.314 e. The number of aromatic nitrogens is 3. The third-order valence-corrected chi connectivity index (χ3v) is 3.16. The fourth-order valence-corrected chi connectivity index (χ4v) is 2.43. The first-order valence-corrected chi connectivity index (χ1v) is 6.11. The molecule has 0 spiro atoms. The van der Waals surface area contributed by atoms with Gasteiger partial charge in [-0.3, -0.25) is 0 Å². The normalized spacial score (nSPS) is 11.1. The second-order valence-corrected chi connectivity index (χ2v) is 4.65. The molecule has 0 radical (unpaired) electrons. The molecule has 2 heterocycles. The van der Waals surface area contributed by atoms with Crippen LogP contribution in [-0.2, 0) is 0 Å². The fourth-order valence-electron chi connectivity index (χ4n) is 2.43. The van der Waals surface area contributed by atoms with Crippen molar-refractivity contribution in [2.45, 2.75) is 20.8 Å². The van der Waals surface area contributed by atoms with Gasteiger partial charge in [0.15, 0.2) is 0 Å². The van der Waals surface area contributed by atoms with Gasteiger partial charge in [-0.25, -0.2) is 0 Å². The molecular weight excluding hydrogens is 222 g/mol. The first-order valence-electron chi connectivity index (χ1n) is 6.11. The van der Waals surface area contributed by atoms with Crippen LogP contribution in [0.2, 0.25) is 0 Å². The Morgan fingerprint density at radius 2 is 1.72 bits per heavy atom. The van der Waals surface area contributed by atoms with Crippen molar-refractivity contribution in [2.75, 3.05) is 0 Å². The molecular formula is C15H16N3+. The van der Waals surface area contributed by atoms with Gasteiger partial charge in [-0.2, -0.15) is 4.57 Å². The van der Waals surface area contributed by atoms with Crippen molar-refractivity contribution in [2.24, 2.45) is 0 Å². The van der Waals surface area contributed by atoms with Crippen molar-refractivity contribution < 1.29 is 4.57 Å². The van der Waals surface area contributed by atoms with Crippen molar-refractivity contribution in [3.05, 3.63) is 59.5 Å². The summed E-state index contributed by atoms with van der Waals surface area (Å²) in [4.78, 5) is 0. The van der Waals surface area contributed by atoms with Gasteiger partial charge in [-0.15, -0.1) is 4.52 Å². The van der Waals surface area contributed by atoms with Crippen LogP contribution in [0.5, 0.6) is 0 Å². The number of para-hydroxylation sites is 1. The predicted octanol–water partition coefficient (Wildman–Crippen LogP) is 2.54. The Bertz CT molecular complexity index is 711. The van der Waals surface area contributed by atoms with E-state index in [9.17, 15) is 0 Å². The molecule has 0 saturated heterocycles. The molecule has 18 heavy (non-hydrogen) atoms. The molecule has 0 aliphatic rings. The van der Waals surface area contributed by atoms with Crippen LogP contribution in [0.25, 0.3) is 11.3 Å². The average Bonchev–Trinajstić information content (AvgIpc) is 2.72. The zero-order chi connectivity index (χ0) is 12.7. The molecule has 1 aromatic carbocycles. The summed E-state index contributed by atoms with van der Waals surface area (Å²) in [5.74, 6) is 0. The van der Waals surface area contributed by atoms with Crippen molar-refractivity contribution in [3.63, 3.8) is 0 Å². The van der Waals surface area contributed by atoms with Gasteiger partial charge >= 0.3 is 5.65 Å². The molecule has 0 atom stereocenters. The lowest BCUT2D eigenvalue weighted by atomic mass is 10.2. The maximum atomic E-state index is 4.54. The summed E-state index contributed by atoms with van der Waals surface area (Å²) in [5.41, 5.74) is 5.68. The van der Waals surface area contributed by atoms with E-state index in [-0.39, 0.29) is 0 Å². The maximum Gasteiger partial charge on any atom is 0.314 e. The van der Waals surface area contributed by atoms with E-state index in [2.05, 4.69) is 59.9 Å². The van der Waals surface area contributed by atoms with E-state index in [4.69, 9.17) is 0 Å². The molecule has 3 nitrogen and oxygen atoms in total. The molecule has 3 rings (SSSR count). The number of hydrogen-bond donors (Lipinski definition) is 0. The smallest absolute Gasteiger partial charge is 0.195 e. The molecule has 0 fully saturated rings. The highest BCUT2D eigenvalue weighted by Gasteiger charge is 2.18. The van der Waals surface area contributed by atoms with Gasteiger partial charge in [0.2, 0.25) is 0 Å². The van der Waals surface area contributed by atoms with Crippen molar-refractivity contribution in [1.82, 2.24) is 9.61 Å². The zero-order valence-electron chi connectivity index (χ0n) is 10.9.